The maximum absolute atomic E-state index is 5.70. The highest BCUT2D eigenvalue weighted by atomic mass is 79.9. The molecule has 22 heavy (non-hydrogen) atoms. The highest BCUT2D eigenvalue weighted by Crippen LogP contribution is 2.31. The number of benzene rings is 1. The molecule has 1 aromatic carbocycles. The number of rotatable bonds is 5. The van der Waals surface area contributed by atoms with Crippen molar-refractivity contribution in [1.82, 2.24) is 10.2 Å². The van der Waals surface area contributed by atoms with Gasteiger partial charge in [0.05, 0.1) is 15.8 Å². The Bertz CT molecular complexity index is 785. The van der Waals surface area contributed by atoms with Gasteiger partial charge in [0.2, 0.25) is 0 Å². The lowest BCUT2D eigenvalue weighted by atomic mass is 10.2. The number of thiophene rings is 1. The van der Waals surface area contributed by atoms with Crippen molar-refractivity contribution in [2.45, 2.75) is 13.5 Å². The Kier molecular flexibility index (Phi) is 4.44. The fourth-order valence-electron chi connectivity index (χ4n) is 1.87. The lowest BCUT2D eigenvalue weighted by Crippen LogP contribution is -1.98. The molecule has 0 aliphatic carbocycles. The van der Waals surface area contributed by atoms with E-state index in [4.69, 9.17) is 13.9 Å². The van der Waals surface area contributed by atoms with E-state index in [2.05, 4.69) is 26.1 Å². The van der Waals surface area contributed by atoms with Crippen LogP contribution in [0.3, 0.4) is 0 Å². The fraction of sp³-hybridized carbons (Fsp3) is 0.200. The van der Waals surface area contributed by atoms with Crippen LogP contribution in [0.4, 0.5) is 0 Å². The summed E-state index contributed by atoms with van der Waals surface area (Å²) < 4.78 is 17.6. The largest absolute Gasteiger partial charge is 0.493 e. The lowest BCUT2D eigenvalue weighted by Gasteiger charge is -2.09. The van der Waals surface area contributed by atoms with Crippen LogP contribution in [0.25, 0.3) is 10.8 Å². The molecule has 2 heterocycles. The first-order valence-electron chi connectivity index (χ1n) is 6.51. The summed E-state index contributed by atoms with van der Waals surface area (Å²) in [6, 6.07) is 9.60. The summed E-state index contributed by atoms with van der Waals surface area (Å²) in [6.45, 7) is 2.19. The van der Waals surface area contributed by atoms with Crippen molar-refractivity contribution in [2.24, 2.45) is 0 Å². The molecule has 5 nitrogen and oxygen atoms in total. The molecule has 0 fully saturated rings. The number of halogens is 1. The predicted octanol–water partition coefficient (Wildman–Crippen LogP) is 4.46. The highest BCUT2D eigenvalue weighted by Gasteiger charge is 2.12. The van der Waals surface area contributed by atoms with Gasteiger partial charge in [0.1, 0.15) is 0 Å². The van der Waals surface area contributed by atoms with Crippen LogP contribution in [0.5, 0.6) is 11.5 Å². The second-order valence-corrected chi connectivity index (χ2v) is 7.01. The Hall–Kier alpha value is -1.86. The van der Waals surface area contributed by atoms with Gasteiger partial charge in [0, 0.05) is 0 Å². The summed E-state index contributed by atoms with van der Waals surface area (Å²) in [5, 5.41) is 8.03. The van der Waals surface area contributed by atoms with Crippen molar-refractivity contribution in [2.75, 3.05) is 7.11 Å². The Morgan fingerprint density at radius 2 is 2.05 bits per heavy atom. The molecule has 0 atom stereocenters. The summed E-state index contributed by atoms with van der Waals surface area (Å²) in [7, 11) is 1.61. The molecule has 0 bridgehead atoms. The van der Waals surface area contributed by atoms with Gasteiger partial charge < -0.3 is 13.9 Å². The van der Waals surface area contributed by atoms with Gasteiger partial charge in [-0.1, -0.05) is 6.07 Å². The average molecular weight is 381 g/mol. The summed E-state index contributed by atoms with van der Waals surface area (Å²) >= 11 is 4.95. The normalized spacial score (nSPS) is 10.7. The smallest absolute Gasteiger partial charge is 0.257 e. The first-order valence-corrected chi connectivity index (χ1v) is 8.12. The van der Waals surface area contributed by atoms with Crippen LogP contribution in [0, 0.1) is 6.92 Å². The predicted molar refractivity (Wildman–Crippen MR) is 87.4 cm³/mol. The summed E-state index contributed by atoms with van der Waals surface area (Å²) in [4.78, 5) is 0.915. The van der Waals surface area contributed by atoms with Gasteiger partial charge in [-0.05, 0) is 52.7 Å². The van der Waals surface area contributed by atoms with Gasteiger partial charge in [-0.25, -0.2) is 0 Å². The number of aryl methyl sites for hydroxylation is 1. The number of methoxy groups -OCH3 is 1. The van der Waals surface area contributed by atoms with Crippen molar-refractivity contribution in [3.63, 3.8) is 0 Å². The summed E-state index contributed by atoms with van der Waals surface area (Å²) in [5.41, 5.74) is 1.10. The third-order valence-electron chi connectivity index (χ3n) is 2.92. The van der Waals surface area contributed by atoms with E-state index in [0.29, 0.717) is 23.3 Å². The second kappa shape index (κ2) is 6.50. The molecule has 0 spiro atoms. The molecule has 0 aliphatic rings. The number of ether oxygens (including phenoxy) is 2. The van der Waals surface area contributed by atoms with E-state index < -0.39 is 0 Å². The standard InChI is InChI=1S/C15H13BrN2O3S/c1-9-3-4-10(11(7-9)19-2)20-8-14-17-18-15(21-14)12-5-6-13(16)22-12/h3-7H,8H2,1-2H3. The highest BCUT2D eigenvalue weighted by molar-refractivity contribution is 9.11. The minimum atomic E-state index is 0.193. The third-order valence-corrected chi connectivity index (χ3v) is 4.53. The van der Waals surface area contributed by atoms with Gasteiger partial charge in [-0.15, -0.1) is 21.5 Å². The van der Waals surface area contributed by atoms with E-state index in [1.54, 1.807) is 7.11 Å². The Balaban J connectivity index is 1.71. The quantitative estimate of drug-likeness (QED) is 0.653. The lowest BCUT2D eigenvalue weighted by molar-refractivity contribution is 0.251. The zero-order valence-corrected chi connectivity index (χ0v) is 14.4. The second-order valence-electron chi connectivity index (χ2n) is 4.55. The van der Waals surface area contributed by atoms with Crippen LogP contribution in [-0.2, 0) is 6.61 Å². The van der Waals surface area contributed by atoms with Gasteiger partial charge in [0.15, 0.2) is 18.1 Å². The molecule has 7 heteroatoms. The number of hydrogen-bond acceptors (Lipinski definition) is 6. The molecule has 0 amide bonds. The third kappa shape index (κ3) is 3.31. The SMILES string of the molecule is COc1cc(C)ccc1OCc1nnc(-c2ccc(Br)s2)o1. The molecule has 0 aliphatic heterocycles. The van der Waals surface area contributed by atoms with Crippen molar-refractivity contribution in [1.29, 1.82) is 0 Å². The van der Waals surface area contributed by atoms with Crippen LogP contribution in [0.1, 0.15) is 11.5 Å². The zero-order chi connectivity index (χ0) is 15.5. The van der Waals surface area contributed by atoms with Gasteiger partial charge >= 0.3 is 0 Å². The Morgan fingerprint density at radius 1 is 1.18 bits per heavy atom. The van der Waals surface area contributed by atoms with Gasteiger partial charge in [-0.2, -0.15) is 0 Å². The van der Waals surface area contributed by atoms with Crippen LogP contribution in [-0.4, -0.2) is 17.3 Å². The molecule has 0 unspecified atom stereocenters. The molecule has 0 radical (unpaired) electrons. The minimum absolute atomic E-state index is 0.193. The molecule has 0 N–H and O–H groups in total. The van der Waals surface area contributed by atoms with E-state index in [-0.39, 0.29) is 6.61 Å². The van der Waals surface area contributed by atoms with Crippen molar-refractivity contribution in [3.8, 4) is 22.3 Å². The van der Waals surface area contributed by atoms with Gasteiger partial charge in [0.25, 0.3) is 11.8 Å². The average Bonchev–Trinajstić information content (AvgIpc) is 3.14. The molecule has 2 aromatic heterocycles. The van der Waals surface area contributed by atoms with E-state index in [9.17, 15) is 0 Å². The fourth-order valence-corrected chi connectivity index (χ4v) is 3.18. The maximum Gasteiger partial charge on any atom is 0.257 e. The molecule has 0 saturated carbocycles. The minimum Gasteiger partial charge on any atom is -0.493 e. The first-order chi connectivity index (χ1) is 10.7. The Morgan fingerprint density at radius 3 is 2.77 bits per heavy atom. The molecular formula is C15H13BrN2O3S. The van der Waals surface area contributed by atoms with Crippen molar-refractivity contribution >= 4 is 27.3 Å². The van der Waals surface area contributed by atoms with Crippen LogP contribution in [0.2, 0.25) is 0 Å². The first kappa shape index (κ1) is 15.1. The van der Waals surface area contributed by atoms with Crippen LogP contribution < -0.4 is 9.47 Å². The molecule has 3 rings (SSSR count). The van der Waals surface area contributed by atoms with E-state index in [1.807, 2.05) is 37.3 Å². The van der Waals surface area contributed by atoms with E-state index in [0.717, 1.165) is 14.2 Å². The number of hydrogen-bond donors (Lipinski definition) is 0. The van der Waals surface area contributed by atoms with E-state index in [1.165, 1.54) is 11.3 Å². The monoisotopic (exact) mass is 380 g/mol. The number of nitrogens with zero attached hydrogens (tertiary/aromatic N) is 2. The summed E-state index contributed by atoms with van der Waals surface area (Å²) in [6.07, 6.45) is 0. The molecule has 0 saturated heterocycles. The Labute approximate surface area is 140 Å². The zero-order valence-electron chi connectivity index (χ0n) is 12.0. The molecule has 114 valence electrons. The summed E-state index contributed by atoms with van der Waals surface area (Å²) in [5.74, 6) is 2.24. The molecular weight excluding hydrogens is 368 g/mol. The number of aromatic nitrogens is 2. The maximum atomic E-state index is 5.70. The van der Waals surface area contributed by atoms with Crippen LogP contribution >= 0.6 is 27.3 Å². The van der Waals surface area contributed by atoms with Gasteiger partial charge in [-0.3, -0.25) is 0 Å². The van der Waals surface area contributed by atoms with E-state index >= 15 is 0 Å². The molecule has 3 aromatic rings. The van der Waals surface area contributed by atoms with Crippen molar-refractivity contribution in [3.05, 3.63) is 45.6 Å². The topological polar surface area (TPSA) is 57.4 Å². The van der Waals surface area contributed by atoms with Crippen molar-refractivity contribution < 1.29 is 13.9 Å². The van der Waals surface area contributed by atoms with Crippen LogP contribution in [0.15, 0.2) is 38.5 Å².